The molecule has 1 N–H and O–H groups in total. The zero-order valence-electron chi connectivity index (χ0n) is 16.1. The highest BCUT2D eigenvalue weighted by Crippen LogP contribution is 2.40. The van der Waals surface area contributed by atoms with Crippen LogP contribution in [0.5, 0.6) is 0 Å². The Labute approximate surface area is 157 Å². The quantitative estimate of drug-likeness (QED) is 0.774. The van der Waals surface area contributed by atoms with E-state index in [1.165, 1.54) is 5.56 Å². The van der Waals surface area contributed by atoms with Crippen LogP contribution in [0.25, 0.3) is 0 Å². The summed E-state index contributed by atoms with van der Waals surface area (Å²) in [6.07, 6.45) is 4.45. The maximum absolute atomic E-state index is 12.6. The molecular formula is C21H32N2O3. The first-order chi connectivity index (χ1) is 12.7. The number of nitrogens with zero attached hydrogens (tertiary/aromatic N) is 1. The van der Waals surface area contributed by atoms with Crippen LogP contribution in [0, 0.1) is 0 Å². The van der Waals surface area contributed by atoms with Gasteiger partial charge in [0.05, 0.1) is 19.3 Å². The predicted molar refractivity (Wildman–Crippen MR) is 103 cm³/mol. The summed E-state index contributed by atoms with van der Waals surface area (Å²) in [5, 5.41) is 3.18. The van der Waals surface area contributed by atoms with Crippen molar-refractivity contribution in [3.63, 3.8) is 0 Å². The first-order valence-electron chi connectivity index (χ1n) is 9.98. The molecule has 3 rings (SSSR count). The van der Waals surface area contributed by atoms with Crippen LogP contribution in [0.3, 0.4) is 0 Å². The highest BCUT2D eigenvalue weighted by Gasteiger charge is 2.49. The van der Waals surface area contributed by atoms with E-state index in [2.05, 4.69) is 29.3 Å². The first-order valence-corrected chi connectivity index (χ1v) is 9.98. The Morgan fingerprint density at radius 1 is 1.23 bits per heavy atom. The van der Waals surface area contributed by atoms with Gasteiger partial charge in [-0.05, 0) is 43.9 Å². The number of hydrogen-bond acceptors (Lipinski definition) is 4. The lowest BCUT2D eigenvalue weighted by molar-refractivity contribution is -0.124. The van der Waals surface area contributed by atoms with Crippen molar-refractivity contribution >= 4 is 5.91 Å². The molecule has 1 saturated carbocycles. The Balaban J connectivity index is 1.59. The van der Waals surface area contributed by atoms with Gasteiger partial charge in [-0.2, -0.15) is 0 Å². The number of morpholine rings is 1. The number of rotatable bonds is 8. The number of nitrogens with one attached hydrogen (secondary N) is 1. The van der Waals surface area contributed by atoms with Crippen LogP contribution >= 0.6 is 0 Å². The summed E-state index contributed by atoms with van der Waals surface area (Å²) in [6, 6.07) is 7.99. The van der Waals surface area contributed by atoms with E-state index >= 15 is 0 Å². The van der Waals surface area contributed by atoms with Crippen LogP contribution in [-0.4, -0.2) is 61.9 Å². The highest BCUT2D eigenvalue weighted by atomic mass is 16.5. The lowest BCUT2D eigenvalue weighted by atomic mass is 9.72. The van der Waals surface area contributed by atoms with E-state index < -0.39 is 0 Å². The van der Waals surface area contributed by atoms with Crippen LogP contribution < -0.4 is 5.32 Å². The molecule has 0 atom stereocenters. The van der Waals surface area contributed by atoms with E-state index in [-0.39, 0.29) is 11.4 Å². The molecule has 1 aromatic rings. The molecule has 0 radical (unpaired) electrons. The van der Waals surface area contributed by atoms with Gasteiger partial charge in [-0.25, -0.2) is 0 Å². The summed E-state index contributed by atoms with van der Waals surface area (Å²) in [4.78, 5) is 15.1. The SMILES string of the molecule is CCCc1ccc(C(=O)NCC2(N3CCOCC3)CC(OCC)C2)cc1. The third kappa shape index (κ3) is 4.45. The van der Waals surface area contributed by atoms with Crippen molar-refractivity contribution in [3.05, 3.63) is 35.4 Å². The molecule has 2 aliphatic rings. The van der Waals surface area contributed by atoms with Gasteiger partial charge in [0.1, 0.15) is 0 Å². The molecule has 26 heavy (non-hydrogen) atoms. The molecule has 0 aromatic heterocycles. The Morgan fingerprint density at radius 3 is 2.54 bits per heavy atom. The average Bonchev–Trinajstić information content (AvgIpc) is 2.65. The molecule has 1 saturated heterocycles. The van der Waals surface area contributed by atoms with Crippen molar-refractivity contribution in [2.45, 2.75) is 51.2 Å². The highest BCUT2D eigenvalue weighted by molar-refractivity contribution is 5.94. The van der Waals surface area contributed by atoms with Crippen LogP contribution in [-0.2, 0) is 15.9 Å². The summed E-state index contributed by atoms with van der Waals surface area (Å²) >= 11 is 0. The number of amides is 1. The monoisotopic (exact) mass is 360 g/mol. The Morgan fingerprint density at radius 2 is 1.92 bits per heavy atom. The van der Waals surface area contributed by atoms with Gasteiger partial charge in [0.25, 0.3) is 5.91 Å². The topological polar surface area (TPSA) is 50.8 Å². The van der Waals surface area contributed by atoms with Crippen molar-refractivity contribution in [1.29, 1.82) is 0 Å². The molecule has 0 bridgehead atoms. The average molecular weight is 360 g/mol. The van der Waals surface area contributed by atoms with Gasteiger partial charge in [0.15, 0.2) is 0 Å². The molecule has 2 fully saturated rings. The number of carbonyl (C=O) groups is 1. The lowest BCUT2D eigenvalue weighted by Gasteiger charge is -2.55. The van der Waals surface area contributed by atoms with Gasteiger partial charge in [-0.15, -0.1) is 0 Å². The Bertz CT molecular complexity index is 575. The summed E-state index contributed by atoms with van der Waals surface area (Å²) in [6.45, 7) is 9.04. The maximum atomic E-state index is 12.6. The third-order valence-electron chi connectivity index (χ3n) is 5.63. The van der Waals surface area contributed by atoms with Crippen molar-refractivity contribution < 1.29 is 14.3 Å². The van der Waals surface area contributed by atoms with Gasteiger partial charge < -0.3 is 14.8 Å². The molecule has 1 amide bonds. The van der Waals surface area contributed by atoms with Crippen molar-refractivity contribution in [2.24, 2.45) is 0 Å². The molecule has 144 valence electrons. The van der Waals surface area contributed by atoms with Gasteiger partial charge in [0.2, 0.25) is 0 Å². The fraction of sp³-hybridized carbons (Fsp3) is 0.667. The zero-order valence-corrected chi connectivity index (χ0v) is 16.1. The molecule has 5 heteroatoms. The van der Waals surface area contributed by atoms with E-state index in [1.807, 2.05) is 19.1 Å². The van der Waals surface area contributed by atoms with E-state index in [4.69, 9.17) is 9.47 Å². The van der Waals surface area contributed by atoms with Crippen molar-refractivity contribution in [2.75, 3.05) is 39.5 Å². The van der Waals surface area contributed by atoms with Gasteiger partial charge >= 0.3 is 0 Å². The number of hydrogen-bond donors (Lipinski definition) is 1. The van der Waals surface area contributed by atoms with Crippen LogP contribution in [0.1, 0.15) is 49.0 Å². The van der Waals surface area contributed by atoms with E-state index in [0.29, 0.717) is 12.6 Å². The van der Waals surface area contributed by atoms with E-state index in [9.17, 15) is 4.79 Å². The molecule has 0 unspecified atom stereocenters. The fourth-order valence-electron chi connectivity index (χ4n) is 4.15. The van der Waals surface area contributed by atoms with E-state index in [1.54, 1.807) is 0 Å². The summed E-state index contributed by atoms with van der Waals surface area (Å²) in [5.41, 5.74) is 2.04. The molecular weight excluding hydrogens is 328 g/mol. The molecule has 1 aliphatic heterocycles. The minimum atomic E-state index is 0.0144. The summed E-state index contributed by atoms with van der Waals surface area (Å²) in [7, 11) is 0. The zero-order chi connectivity index (χ0) is 18.4. The van der Waals surface area contributed by atoms with Gasteiger partial charge in [-0.1, -0.05) is 25.5 Å². The van der Waals surface area contributed by atoms with E-state index in [0.717, 1.165) is 64.2 Å². The standard InChI is InChI=1S/C21H32N2O3/c1-3-5-17-6-8-18(9-7-17)20(24)22-16-21(14-19(15-21)26-4-2)23-10-12-25-13-11-23/h6-9,19H,3-5,10-16H2,1-2H3,(H,22,24). The first kappa shape index (κ1) is 19.3. The number of benzene rings is 1. The van der Waals surface area contributed by atoms with Gasteiger partial charge in [0, 0.05) is 37.3 Å². The smallest absolute Gasteiger partial charge is 0.251 e. The van der Waals surface area contributed by atoms with Crippen LogP contribution in [0.2, 0.25) is 0 Å². The number of ether oxygens (including phenoxy) is 2. The summed E-state index contributed by atoms with van der Waals surface area (Å²) < 4.78 is 11.3. The predicted octanol–water partition coefficient (Wildman–Crippen LogP) is 2.64. The van der Waals surface area contributed by atoms with Crippen LogP contribution in [0.15, 0.2) is 24.3 Å². The maximum Gasteiger partial charge on any atom is 0.251 e. The fourth-order valence-corrected chi connectivity index (χ4v) is 4.15. The second-order valence-corrected chi connectivity index (χ2v) is 7.44. The molecule has 1 heterocycles. The Hall–Kier alpha value is -1.43. The number of carbonyl (C=O) groups excluding carboxylic acids is 1. The summed E-state index contributed by atoms with van der Waals surface area (Å²) in [5.74, 6) is 0.0144. The Kier molecular flexibility index (Phi) is 6.68. The normalized spacial score (nSPS) is 26.3. The minimum absolute atomic E-state index is 0.0144. The second-order valence-electron chi connectivity index (χ2n) is 7.44. The van der Waals surface area contributed by atoms with Crippen LogP contribution in [0.4, 0.5) is 0 Å². The lowest BCUT2D eigenvalue weighted by Crippen LogP contribution is -2.67. The molecule has 0 spiro atoms. The number of aryl methyl sites for hydroxylation is 1. The molecule has 1 aromatic carbocycles. The largest absolute Gasteiger partial charge is 0.379 e. The third-order valence-corrected chi connectivity index (χ3v) is 5.63. The molecule has 1 aliphatic carbocycles. The van der Waals surface area contributed by atoms with Gasteiger partial charge in [-0.3, -0.25) is 9.69 Å². The molecule has 5 nitrogen and oxygen atoms in total. The minimum Gasteiger partial charge on any atom is -0.379 e. The second kappa shape index (κ2) is 8.98. The van der Waals surface area contributed by atoms with Crippen molar-refractivity contribution in [3.8, 4) is 0 Å². The van der Waals surface area contributed by atoms with Crippen molar-refractivity contribution in [1.82, 2.24) is 10.2 Å².